The van der Waals surface area contributed by atoms with Crippen molar-refractivity contribution in [2.24, 2.45) is 5.92 Å². The molecule has 0 unspecified atom stereocenters. The predicted octanol–water partition coefficient (Wildman–Crippen LogP) is -1.09. The molecule has 2 aliphatic carbocycles. The summed E-state index contributed by atoms with van der Waals surface area (Å²) < 4.78 is 17.8. The van der Waals surface area contributed by atoms with Crippen LogP contribution in [-0.2, 0) is 20.7 Å². The van der Waals surface area contributed by atoms with E-state index in [-0.39, 0.29) is 18.2 Å². The molecule has 1 amide bonds. The number of likely N-dealkylation sites (N-methyl/N-ethyl adjacent to an activating group) is 2. The average molecular weight is 480 g/mol. The summed E-state index contributed by atoms with van der Waals surface area (Å²) in [7, 11) is 4.92. The smallest absolute Gasteiger partial charge is 0.224 e. The number of benzene rings is 1. The molecule has 2 saturated carbocycles. The van der Waals surface area contributed by atoms with Gasteiger partial charge in [0.25, 0.3) is 0 Å². The van der Waals surface area contributed by atoms with Gasteiger partial charge in [-0.25, -0.2) is 0 Å². The van der Waals surface area contributed by atoms with Gasteiger partial charge < -0.3 is 45.5 Å². The maximum absolute atomic E-state index is 12.9. The Labute approximate surface area is 200 Å². The predicted molar refractivity (Wildman–Crippen MR) is 123 cm³/mol. The number of hydrogen-bond donors (Lipinski definition) is 6. The Hall–Kier alpha value is -1.79. The van der Waals surface area contributed by atoms with E-state index in [4.69, 9.17) is 14.2 Å². The molecule has 0 bridgehead atoms. The monoisotopic (exact) mass is 479 g/mol. The van der Waals surface area contributed by atoms with Crippen LogP contribution in [0.25, 0.3) is 0 Å². The normalized spacial score (nSPS) is 41.8. The van der Waals surface area contributed by atoms with E-state index in [1.165, 1.54) is 0 Å². The van der Waals surface area contributed by atoms with Crippen LogP contribution in [0, 0.1) is 5.92 Å². The Bertz CT molecular complexity index is 873. The Balaban J connectivity index is 1.54. The first kappa shape index (κ1) is 25.3. The average Bonchev–Trinajstić information content (AvgIpc) is 2.80. The van der Waals surface area contributed by atoms with Gasteiger partial charge >= 0.3 is 0 Å². The van der Waals surface area contributed by atoms with E-state index < -0.39 is 54.4 Å². The van der Waals surface area contributed by atoms with Gasteiger partial charge in [0.05, 0.1) is 37.8 Å². The molecule has 0 spiro atoms. The standard InChI is InChI=1S/C24H37N3O7/c1-12-8-15(27-17(28)11-13-6-5-7-14(10-13)32-4)24(31)16(9-12)33-23-21(30)18(25-2)20(29)19(26-3)22(23)34-24/h5-7,10,12,15-16,18-23,25-26,29-31H,8-9,11H2,1-4H3,(H,27,28)/t12-,15-,16-,18-,19+,20+,21+,22-,23-,24+/m1/s1. The maximum atomic E-state index is 12.9. The SMILES string of the molecule is CN[C@@H]1[C@H](O)[C@H](NC)[C@H]2O[C@@]3(O)[C@H](NC(=O)Cc4cccc(OC)c4)C[C@@H](C)C[C@H]3O[C@@H]2[C@H]1O. The molecule has 1 saturated heterocycles. The topological polar surface area (TPSA) is 142 Å². The van der Waals surface area contributed by atoms with Gasteiger partial charge in [-0.1, -0.05) is 19.1 Å². The van der Waals surface area contributed by atoms with Crippen molar-refractivity contribution < 1.29 is 34.3 Å². The quantitative estimate of drug-likeness (QED) is 0.300. The van der Waals surface area contributed by atoms with Crippen molar-refractivity contribution in [1.29, 1.82) is 0 Å². The molecule has 0 aromatic heterocycles. The number of aliphatic hydroxyl groups is 3. The summed E-state index contributed by atoms with van der Waals surface area (Å²) in [6.07, 6.45) is -3.15. The highest BCUT2D eigenvalue weighted by Crippen LogP contribution is 2.44. The van der Waals surface area contributed by atoms with Crippen LogP contribution in [0.5, 0.6) is 5.75 Å². The first-order valence-electron chi connectivity index (χ1n) is 11.9. The Morgan fingerprint density at radius 3 is 2.56 bits per heavy atom. The van der Waals surface area contributed by atoms with Crippen LogP contribution in [0.4, 0.5) is 0 Å². The number of hydrogen-bond acceptors (Lipinski definition) is 9. The first-order valence-corrected chi connectivity index (χ1v) is 11.9. The second-order valence-corrected chi connectivity index (χ2v) is 9.76. The number of amides is 1. The van der Waals surface area contributed by atoms with E-state index in [1.54, 1.807) is 27.3 Å². The summed E-state index contributed by atoms with van der Waals surface area (Å²) in [5.41, 5.74) is 0.789. The fraction of sp³-hybridized carbons (Fsp3) is 0.708. The third-order valence-corrected chi connectivity index (χ3v) is 7.48. The molecule has 1 aromatic carbocycles. The minimum absolute atomic E-state index is 0.121. The van der Waals surface area contributed by atoms with E-state index in [2.05, 4.69) is 16.0 Å². The van der Waals surface area contributed by atoms with Gasteiger partial charge in [0.2, 0.25) is 11.7 Å². The minimum atomic E-state index is -1.79. The summed E-state index contributed by atoms with van der Waals surface area (Å²) in [4.78, 5) is 12.9. The number of ether oxygens (including phenoxy) is 3. The van der Waals surface area contributed by atoms with Crippen molar-refractivity contribution in [3.63, 3.8) is 0 Å². The zero-order chi connectivity index (χ0) is 24.6. The second kappa shape index (κ2) is 10.1. The summed E-state index contributed by atoms with van der Waals surface area (Å²) >= 11 is 0. The van der Waals surface area contributed by atoms with Crippen LogP contribution >= 0.6 is 0 Å². The molecule has 10 atom stereocenters. The lowest BCUT2D eigenvalue weighted by molar-refractivity contribution is -0.392. The van der Waals surface area contributed by atoms with Crippen molar-refractivity contribution in [3.8, 4) is 5.75 Å². The zero-order valence-corrected chi connectivity index (χ0v) is 20.1. The summed E-state index contributed by atoms with van der Waals surface area (Å²) in [6.45, 7) is 2.03. The number of carbonyl (C=O) groups is 1. The molecule has 4 rings (SSSR count). The highest BCUT2D eigenvalue weighted by atomic mass is 16.7. The lowest BCUT2D eigenvalue weighted by atomic mass is 9.75. The van der Waals surface area contributed by atoms with Crippen molar-refractivity contribution in [2.45, 2.75) is 80.6 Å². The van der Waals surface area contributed by atoms with Gasteiger partial charge in [-0.3, -0.25) is 4.79 Å². The molecule has 0 radical (unpaired) electrons. The van der Waals surface area contributed by atoms with Crippen LogP contribution in [0.3, 0.4) is 0 Å². The summed E-state index contributed by atoms with van der Waals surface area (Å²) in [6, 6.07) is 5.35. The third-order valence-electron chi connectivity index (χ3n) is 7.48. The maximum Gasteiger partial charge on any atom is 0.224 e. The first-order chi connectivity index (χ1) is 16.2. The molecular weight excluding hydrogens is 442 g/mol. The fourth-order valence-corrected chi connectivity index (χ4v) is 5.72. The molecule has 3 aliphatic rings. The van der Waals surface area contributed by atoms with Crippen molar-refractivity contribution in [1.82, 2.24) is 16.0 Å². The van der Waals surface area contributed by atoms with E-state index in [0.29, 0.717) is 18.6 Å². The van der Waals surface area contributed by atoms with Crippen LogP contribution in [0.15, 0.2) is 24.3 Å². The number of carbonyl (C=O) groups excluding carboxylic acids is 1. The minimum Gasteiger partial charge on any atom is -0.497 e. The van der Waals surface area contributed by atoms with Crippen molar-refractivity contribution in [2.75, 3.05) is 21.2 Å². The number of rotatable bonds is 6. The molecule has 190 valence electrons. The zero-order valence-electron chi connectivity index (χ0n) is 20.1. The van der Waals surface area contributed by atoms with Crippen molar-refractivity contribution in [3.05, 3.63) is 29.8 Å². The number of fused-ring (bicyclic) bond motifs is 2. The molecule has 1 aliphatic heterocycles. The Morgan fingerprint density at radius 1 is 1.15 bits per heavy atom. The lowest BCUT2D eigenvalue weighted by Crippen LogP contribution is -2.78. The largest absolute Gasteiger partial charge is 0.497 e. The van der Waals surface area contributed by atoms with Crippen LogP contribution in [0.1, 0.15) is 25.3 Å². The summed E-state index contributed by atoms with van der Waals surface area (Å²) in [5.74, 6) is -1.23. The van der Waals surface area contributed by atoms with E-state index >= 15 is 0 Å². The molecule has 10 heteroatoms. The second-order valence-electron chi connectivity index (χ2n) is 9.76. The number of methoxy groups -OCH3 is 1. The Morgan fingerprint density at radius 2 is 1.88 bits per heavy atom. The van der Waals surface area contributed by atoms with Gasteiger partial charge in [-0.2, -0.15) is 0 Å². The van der Waals surface area contributed by atoms with Gasteiger partial charge in [0.15, 0.2) is 0 Å². The molecule has 1 heterocycles. The van der Waals surface area contributed by atoms with E-state index in [0.717, 1.165) is 5.56 Å². The third kappa shape index (κ3) is 4.56. The molecule has 1 aromatic rings. The molecule has 3 fully saturated rings. The molecule has 10 nitrogen and oxygen atoms in total. The van der Waals surface area contributed by atoms with Gasteiger partial charge in [-0.05, 0) is 50.6 Å². The molecule has 6 N–H and O–H groups in total. The Kier molecular flexibility index (Phi) is 7.49. The number of aliphatic hydroxyl groups excluding tert-OH is 2. The van der Waals surface area contributed by atoms with Gasteiger partial charge in [0.1, 0.15) is 30.2 Å². The lowest BCUT2D eigenvalue weighted by Gasteiger charge is -2.58. The van der Waals surface area contributed by atoms with Crippen LogP contribution < -0.4 is 20.7 Å². The summed E-state index contributed by atoms with van der Waals surface area (Å²) in [5, 5.41) is 42.4. The fourth-order valence-electron chi connectivity index (χ4n) is 5.72. The van der Waals surface area contributed by atoms with Gasteiger partial charge in [-0.15, -0.1) is 0 Å². The van der Waals surface area contributed by atoms with E-state index in [1.807, 2.05) is 25.1 Å². The van der Waals surface area contributed by atoms with E-state index in [9.17, 15) is 20.1 Å². The van der Waals surface area contributed by atoms with Gasteiger partial charge in [0, 0.05) is 0 Å². The molecular formula is C24H37N3O7. The van der Waals surface area contributed by atoms with Crippen LogP contribution in [0.2, 0.25) is 0 Å². The molecule has 34 heavy (non-hydrogen) atoms. The number of nitrogens with one attached hydrogen (secondary N) is 3. The highest BCUT2D eigenvalue weighted by molar-refractivity contribution is 5.79. The van der Waals surface area contributed by atoms with Crippen molar-refractivity contribution >= 4 is 5.91 Å². The highest BCUT2D eigenvalue weighted by Gasteiger charge is 2.62. The van der Waals surface area contributed by atoms with Crippen LogP contribution in [-0.4, -0.2) is 96.9 Å².